The van der Waals surface area contributed by atoms with Gasteiger partial charge >= 0.3 is 5.97 Å². The molecule has 5 fully saturated rings. The third kappa shape index (κ3) is 4.40. The van der Waals surface area contributed by atoms with Crippen LogP contribution >= 0.6 is 0 Å². The fourth-order valence-corrected chi connectivity index (χ4v) is 12.0. The van der Waals surface area contributed by atoms with Crippen LogP contribution in [0.15, 0.2) is 11.6 Å². The first-order valence-corrected chi connectivity index (χ1v) is 17.3. The van der Waals surface area contributed by atoms with Crippen LogP contribution in [0.1, 0.15) is 113 Å². The Labute approximate surface area is 263 Å². The van der Waals surface area contributed by atoms with Gasteiger partial charge in [0.05, 0.1) is 18.1 Å². The molecule has 5 N–H and O–H groups in total. The number of fused-ring (bicyclic) bond motifs is 7. The van der Waals surface area contributed by atoms with Gasteiger partial charge in [0.1, 0.15) is 24.4 Å². The Morgan fingerprint density at radius 2 is 1.55 bits per heavy atom. The molecule has 4 saturated carbocycles. The second-order valence-corrected chi connectivity index (χ2v) is 17.8. The van der Waals surface area contributed by atoms with Gasteiger partial charge < -0.3 is 35.0 Å². The first-order chi connectivity index (χ1) is 20.4. The SMILES string of the molecule is CC1(C)CC[C@]2(C(=O)O[C@@H]3O[C@H](CO)[C@@H](O)[C@H](O)[C@H]3O)CC[C@]3(C)C(=CC[C@@H]4[C@@]5(C)CC[C@H](O)C(C)(C)[C@@H]5CC[C@]43C)[C@@H]2C1. The molecular formula is C36H58O8. The number of hydrogen-bond donors (Lipinski definition) is 5. The van der Waals surface area contributed by atoms with Crippen LogP contribution < -0.4 is 0 Å². The molecule has 8 heteroatoms. The number of carbonyl (C=O) groups is 1. The molecule has 5 aliphatic carbocycles. The maximum absolute atomic E-state index is 14.4. The van der Waals surface area contributed by atoms with Crippen molar-refractivity contribution in [2.45, 2.75) is 149 Å². The Kier molecular flexibility index (Phi) is 7.84. The summed E-state index contributed by atoms with van der Waals surface area (Å²) in [5.74, 6) is 0.561. The molecule has 6 aliphatic rings. The van der Waals surface area contributed by atoms with E-state index >= 15 is 0 Å². The summed E-state index contributed by atoms with van der Waals surface area (Å²) in [6, 6.07) is 0. The lowest BCUT2D eigenvalue weighted by Gasteiger charge is -2.71. The molecule has 0 aromatic carbocycles. The zero-order valence-corrected chi connectivity index (χ0v) is 28.0. The van der Waals surface area contributed by atoms with Crippen LogP contribution in [0.25, 0.3) is 0 Å². The van der Waals surface area contributed by atoms with E-state index in [2.05, 4.69) is 54.5 Å². The van der Waals surface area contributed by atoms with Crippen molar-refractivity contribution >= 4 is 5.97 Å². The topological polar surface area (TPSA) is 137 Å². The Morgan fingerprint density at radius 1 is 0.864 bits per heavy atom. The molecule has 250 valence electrons. The van der Waals surface area contributed by atoms with Gasteiger partial charge in [-0.05, 0) is 109 Å². The second kappa shape index (κ2) is 10.5. The number of aliphatic hydroxyl groups excluding tert-OH is 5. The van der Waals surface area contributed by atoms with Crippen LogP contribution in [0.3, 0.4) is 0 Å². The van der Waals surface area contributed by atoms with Gasteiger partial charge in [0.15, 0.2) is 0 Å². The molecule has 13 atom stereocenters. The van der Waals surface area contributed by atoms with E-state index in [0.29, 0.717) is 24.7 Å². The van der Waals surface area contributed by atoms with Crippen LogP contribution in [-0.4, -0.2) is 74.9 Å². The van der Waals surface area contributed by atoms with Gasteiger partial charge in [0.25, 0.3) is 0 Å². The monoisotopic (exact) mass is 618 g/mol. The van der Waals surface area contributed by atoms with Crippen molar-refractivity contribution in [2.24, 2.45) is 50.2 Å². The minimum atomic E-state index is -1.61. The first-order valence-electron chi connectivity index (χ1n) is 17.3. The quantitative estimate of drug-likeness (QED) is 0.231. The molecule has 0 aromatic heterocycles. The largest absolute Gasteiger partial charge is 0.432 e. The third-order valence-corrected chi connectivity index (χ3v) is 15.1. The zero-order chi connectivity index (χ0) is 32.3. The van der Waals surface area contributed by atoms with Crippen LogP contribution in [0.4, 0.5) is 0 Å². The molecular weight excluding hydrogens is 560 g/mol. The molecule has 0 aromatic rings. The molecule has 1 heterocycles. The maximum atomic E-state index is 14.4. The number of carbonyl (C=O) groups excluding carboxylic acids is 1. The van der Waals surface area contributed by atoms with Gasteiger partial charge in [-0.1, -0.05) is 60.1 Å². The molecule has 0 spiro atoms. The highest BCUT2D eigenvalue weighted by Crippen LogP contribution is 2.75. The van der Waals surface area contributed by atoms with Gasteiger partial charge in [-0.2, -0.15) is 0 Å². The normalized spacial score (nSPS) is 52.8. The maximum Gasteiger partial charge on any atom is 0.315 e. The summed E-state index contributed by atoms with van der Waals surface area (Å²) < 4.78 is 11.6. The average Bonchev–Trinajstić information content (AvgIpc) is 2.95. The van der Waals surface area contributed by atoms with E-state index in [1.807, 2.05) is 0 Å². The highest BCUT2D eigenvalue weighted by molar-refractivity contribution is 5.79. The highest BCUT2D eigenvalue weighted by Gasteiger charge is 2.69. The van der Waals surface area contributed by atoms with Crippen molar-refractivity contribution in [3.8, 4) is 0 Å². The Balaban J connectivity index is 1.35. The van der Waals surface area contributed by atoms with Crippen molar-refractivity contribution in [1.82, 2.24) is 0 Å². The van der Waals surface area contributed by atoms with Gasteiger partial charge in [-0.3, -0.25) is 4.79 Å². The van der Waals surface area contributed by atoms with Crippen molar-refractivity contribution in [3.05, 3.63) is 11.6 Å². The zero-order valence-electron chi connectivity index (χ0n) is 28.0. The fraction of sp³-hybridized carbons (Fsp3) is 0.917. The van der Waals surface area contributed by atoms with Crippen LogP contribution in [0.2, 0.25) is 0 Å². The van der Waals surface area contributed by atoms with E-state index in [1.54, 1.807) is 0 Å². The predicted octanol–water partition coefficient (Wildman–Crippen LogP) is 4.49. The molecule has 1 aliphatic heterocycles. The number of ether oxygens (including phenoxy) is 2. The minimum absolute atomic E-state index is 0.00434. The van der Waals surface area contributed by atoms with Crippen molar-refractivity contribution in [2.75, 3.05) is 6.61 Å². The number of hydrogen-bond acceptors (Lipinski definition) is 8. The van der Waals surface area contributed by atoms with E-state index in [9.17, 15) is 30.3 Å². The summed E-state index contributed by atoms with van der Waals surface area (Å²) in [5, 5.41) is 52.0. The number of rotatable bonds is 3. The van der Waals surface area contributed by atoms with Crippen molar-refractivity contribution in [1.29, 1.82) is 0 Å². The van der Waals surface area contributed by atoms with Crippen molar-refractivity contribution < 1.29 is 39.8 Å². The van der Waals surface area contributed by atoms with Gasteiger partial charge in [-0.25, -0.2) is 0 Å². The number of allylic oxidation sites excluding steroid dienone is 2. The fourth-order valence-electron chi connectivity index (χ4n) is 12.0. The Bertz CT molecular complexity index is 1180. The molecule has 6 rings (SSSR count). The molecule has 0 amide bonds. The summed E-state index contributed by atoms with van der Waals surface area (Å²) in [6.07, 6.45) is 4.05. The standard InChI is InChI=1S/C36H58O8/c1-31(2)14-16-36(30(42)44-29-28(41)27(40)26(39)22(19-37)43-29)17-15-34(6)20(21(36)18-31)8-9-24-33(5)12-11-25(38)32(3,4)23(33)10-13-35(24,34)7/h8,21-29,37-41H,9-19H2,1-7H3/t21-,22+,23-,24+,25-,26+,27-,28+,29-,33-,34+,35+,36-/m0/s1. The van der Waals surface area contributed by atoms with E-state index < -0.39 is 48.7 Å². The third-order valence-electron chi connectivity index (χ3n) is 15.1. The lowest BCUT2D eigenvalue weighted by molar-refractivity contribution is -0.297. The minimum Gasteiger partial charge on any atom is -0.432 e. The Morgan fingerprint density at radius 3 is 2.23 bits per heavy atom. The summed E-state index contributed by atoms with van der Waals surface area (Å²) in [6.45, 7) is 16.1. The second-order valence-electron chi connectivity index (χ2n) is 17.8. The van der Waals surface area contributed by atoms with E-state index in [-0.39, 0.29) is 39.1 Å². The number of esters is 1. The summed E-state index contributed by atoms with van der Waals surface area (Å²) >= 11 is 0. The Hall–Kier alpha value is -1.03. The van der Waals surface area contributed by atoms with Crippen molar-refractivity contribution in [3.63, 3.8) is 0 Å². The van der Waals surface area contributed by atoms with Crippen LogP contribution in [0, 0.1) is 50.2 Å². The van der Waals surface area contributed by atoms with Gasteiger partial charge in [-0.15, -0.1) is 0 Å². The average molecular weight is 619 g/mol. The summed E-state index contributed by atoms with van der Waals surface area (Å²) in [5.41, 5.74) is 0.719. The predicted molar refractivity (Wildman–Crippen MR) is 165 cm³/mol. The highest BCUT2D eigenvalue weighted by atomic mass is 16.7. The van der Waals surface area contributed by atoms with E-state index in [4.69, 9.17) is 9.47 Å². The molecule has 8 nitrogen and oxygen atoms in total. The number of aliphatic hydroxyl groups is 5. The lowest BCUT2D eigenvalue weighted by Crippen LogP contribution is -2.65. The summed E-state index contributed by atoms with van der Waals surface area (Å²) in [4.78, 5) is 14.4. The van der Waals surface area contributed by atoms with Gasteiger partial charge in [0.2, 0.25) is 6.29 Å². The van der Waals surface area contributed by atoms with Gasteiger partial charge in [0, 0.05) is 0 Å². The van der Waals surface area contributed by atoms with E-state index in [1.165, 1.54) is 5.57 Å². The molecule has 0 radical (unpaired) electrons. The van der Waals surface area contributed by atoms with Crippen LogP contribution in [-0.2, 0) is 14.3 Å². The molecule has 0 unspecified atom stereocenters. The lowest BCUT2D eigenvalue weighted by atomic mass is 9.33. The van der Waals surface area contributed by atoms with E-state index in [0.717, 1.165) is 51.4 Å². The molecule has 1 saturated heterocycles. The smallest absolute Gasteiger partial charge is 0.315 e. The first kappa shape index (κ1) is 32.9. The molecule has 0 bridgehead atoms. The summed E-state index contributed by atoms with van der Waals surface area (Å²) in [7, 11) is 0. The molecule has 44 heavy (non-hydrogen) atoms. The van der Waals surface area contributed by atoms with Crippen LogP contribution in [0.5, 0.6) is 0 Å².